The standard InChI is InChI=1S/C20H25N5O/c1-13(2)15-5-7-16(8-6-15)21-20(26)25-12-17-10-18(25)11-24(17)19-9-4-14(3)22-23-19/h4-9,13,17-18H,10-12H2,1-3H3,(H,21,26)/t17-,18-/m1/s1. The average Bonchev–Trinajstić information content (AvgIpc) is 3.23. The molecule has 2 aromatic rings. The minimum Gasteiger partial charge on any atom is -0.348 e. The Morgan fingerprint density at radius 2 is 1.85 bits per heavy atom. The van der Waals surface area contributed by atoms with E-state index in [0.717, 1.165) is 36.7 Å². The van der Waals surface area contributed by atoms with Crippen LogP contribution in [-0.2, 0) is 0 Å². The van der Waals surface area contributed by atoms with Crippen molar-refractivity contribution in [1.29, 1.82) is 0 Å². The normalized spacial score (nSPS) is 21.5. The van der Waals surface area contributed by atoms with Crippen LogP contribution in [0.15, 0.2) is 36.4 Å². The lowest BCUT2D eigenvalue weighted by Gasteiger charge is -2.34. The number of hydrogen-bond donors (Lipinski definition) is 1. The molecule has 0 aliphatic carbocycles. The SMILES string of the molecule is Cc1ccc(N2C[C@H]3C[C@@H]2CN3C(=O)Nc2ccc(C(C)C)cc2)nn1. The Labute approximate surface area is 154 Å². The van der Waals surface area contributed by atoms with E-state index in [0.29, 0.717) is 12.0 Å². The number of nitrogens with zero attached hydrogens (tertiary/aromatic N) is 4. The molecule has 1 N–H and O–H groups in total. The Bertz CT molecular complexity index is 787. The van der Waals surface area contributed by atoms with Crippen molar-refractivity contribution in [3.8, 4) is 0 Å². The lowest BCUT2D eigenvalue weighted by Crippen LogP contribution is -2.50. The average molecular weight is 351 g/mol. The third kappa shape index (κ3) is 3.11. The van der Waals surface area contributed by atoms with Crippen LogP contribution in [0.4, 0.5) is 16.3 Å². The van der Waals surface area contributed by atoms with Crippen LogP contribution in [0, 0.1) is 6.92 Å². The molecule has 2 bridgehead atoms. The molecule has 0 radical (unpaired) electrons. The summed E-state index contributed by atoms with van der Waals surface area (Å²) in [7, 11) is 0. The van der Waals surface area contributed by atoms with Crippen molar-refractivity contribution in [3.05, 3.63) is 47.7 Å². The van der Waals surface area contributed by atoms with Crippen LogP contribution in [0.25, 0.3) is 0 Å². The molecule has 136 valence electrons. The Hall–Kier alpha value is -2.63. The van der Waals surface area contributed by atoms with Crippen molar-refractivity contribution in [3.63, 3.8) is 0 Å². The van der Waals surface area contributed by atoms with Gasteiger partial charge in [0.2, 0.25) is 0 Å². The smallest absolute Gasteiger partial charge is 0.322 e. The Morgan fingerprint density at radius 1 is 1.08 bits per heavy atom. The van der Waals surface area contributed by atoms with Crippen LogP contribution in [0.3, 0.4) is 0 Å². The summed E-state index contributed by atoms with van der Waals surface area (Å²) in [6, 6.07) is 12.7. The number of nitrogens with one attached hydrogen (secondary N) is 1. The van der Waals surface area contributed by atoms with Crippen LogP contribution in [-0.4, -0.2) is 46.3 Å². The monoisotopic (exact) mass is 351 g/mol. The molecule has 1 aromatic heterocycles. The molecule has 2 fully saturated rings. The Balaban J connectivity index is 1.38. The molecule has 6 nitrogen and oxygen atoms in total. The minimum absolute atomic E-state index is 0.00978. The zero-order valence-corrected chi connectivity index (χ0v) is 15.5. The number of hydrogen-bond acceptors (Lipinski definition) is 4. The maximum Gasteiger partial charge on any atom is 0.322 e. The van der Waals surface area contributed by atoms with E-state index in [1.807, 2.05) is 36.1 Å². The molecule has 3 heterocycles. The molecule has 0 saturated carbocycles. The van der Waals surface area contributed by atoms with Gasteiger partial charge in [0.15, 0.2) is 5.82 Å². The fourth-order valence-electron chi connectivity index (χ4n) is 3.89. The van der Waals surface area contributed by atoms with Gasteiger partial charge >= 0.3 is 6.03 Å². The maximum atomic E-state index is 12.7. The molecule has 0 spiro atoms. The number of likely N-dealkylation sites (tertiary alicyclic amines) is 1. The van der Waals surface area contributed by atoms with Gasteiger partial charge in [-0.05, 0) is 49.1 Å². The van der Waals surface area contributed by atoms with E-state index in [-0.39, 0.29) is 12.1 Å². The van der Waals surface area contributed by atoms with Crippen LogP contribution in [0.5, 0.6) is 0 Å². The van der Waals surface area contributed by atoms with E-state index in [1.54, 1.807) is 0 Å². The number of benzene rings is 1. The number of piperazine rings is 1. The summed E-state index contributed by atoms with van der Waals surface area (Å²) in [4.78, 5) is 16.9. The van der Waals surface area contributed by atoms with E-state index in [1.165, 1.54) is 5.56 Å². The Kier molecular flexibility index (Phi) is 4.26. The van der Waals surface area contributed by atoms with Crippen molar-refractivity contribution in [1.82, 2.24) is 15.1 Å². The van der Waals surface area contributed by atoms with Gasteiger partial charge in [0.1, 0.15) is 0 Å². The highest BCUT2D eigenvalue weighted by molar-refractivity contribution is 5.90. The van der Waals surface area contributed by atoms with Crippen LogP contribution in [0.2, 0.25) is 0 Å². The summed E-state index contributed by atoms with van der Waals surface area (Å²) >= 11 is 0. The van der Waals surface area contributed by atoms with Gasteiger partial charge < -0.3 is 15.1 Å². The molecule has 2 amide bonds. The number of aromatic nitrogens is 2. The quantitative estimate of drug-likeness (QED) is 0.921. The first-order valence-electron chi connectivity index (χ1n) is 9.26. The summed E-state index contributed by atoms with van der Waals surface area (Å²) in [5, 5.41) is 11.5. The van der Waals surface area contributed by atoms with E-state index in [2.05, 4.69) is 46.4 Å². The van der Waals surface area contributed by atoms with Gasteiger partial charge in [0, 0.05) is 18.8 Å². The molecule has 4 rings (SSSR count). The van der Waals surface area contributed by atoms with E-state index >= 15 is 0 Å². The summed E-state index contributed by atoms with van der Waals surface area (Å²) in [6.07, 6.45) is 0.995. The minimum atomic E-state index is -0.00978. The van der Waals surface area contributed by atoms with Gasteiger partial charge in [0.25, 0.3) is 0 Å². The van der Waals surface area contributed by atoms with Crippen molar-refractivity contribution >= 4 is 17.5 Å². The number of rotatable bonds is 3. The predicted octanol–water partition coefficient (Wildman–Crippen LogP) is 3.40. The lowest BCUT2D eigenvalue weighted by atomic mass is 10.0. The number of carbonyl (C=O) groups excluding carboxylic acids is 1. The van der Waals surface area contributed by atoms with Gasteiger partial charge in [0.05, 0.1) is 17.8 Å². The van der Waals surface area contributed by atoms with Gasteiger partial charge in [-0.25, -0.2) is 4.79 Å². The number of urea groups is 1. The van der Waals surface area contributed by atoms with E-state index in [9.17, 15) is 4.79 Å². The molecule has 1 aromatic carbocycles. The largest absolute Gasteiger partial charge is 0.348 e. The molecule has 2 atom stereocenters. The third-order valence-corrected chi connectivity index (χ3v) is 5.41. The summed E-state index contributed by atoms with van der Waals surface area (Å²) in [6.45, 7) is 7.82. The van der Waals surface area contributed by atoms with Crippen LogP contribution in [0.1, 0.15) is 37.4 Å². The topological polar surface area (TPSA) is 61.4 Å². The molecule has 2 aliphatic heterocycles. The fraction of sp³-hybridized carbons (Fsp3) is 0.450. The number of fused-ring (bicyclic) bond motifs is 2. The first kappa shape index (κ1) is 16.8. The first-order valence-corrected chi connectivity index (χ1v) is 9.26. The second-order valence-electron chi connectivity index (χ2n) is 7.59. The third-order valence-electron chi connectivity index (χ3n) is 5.41. The number of anilines is 2. The molecule has 2 aliphatic rings. The lowest BCUT2D eigenvalue weighted by molar-refractivity contribution is 0.202. The zero-order valence-electron chi connectivity index (χ0n) is 15.5. The molecule has 0 unspecified atom stereocenters. The maximum absolute atomic E-state index is 12.7. The molecule has 2 saturated heterocycles. The van der Waals surface area contributed by atoms with Gasteiger partial charge in [-0.15, -0.1) is 5.10 Å². The number of carbonyl (C=O) groups is 1. The van der Waals surface area contributed by atoms with Crippen molar-refractivity contribution in [2.24, 2.45) is 0 Å². The van der Waals surface area contributed by atoms with Crippen LogP contribution < -0.4 is 10.2 Å². The van der Waals surface area contributed by atoms with E-state index < -0.39 is 0 Å². The predicted molar refractivity (Wildman–Crippen MR) is 103 cm³/mol. The highest BCUT2D eigenvalue weighted by Crippen LogP contribution is 2.33. The highest BCUT2D eigenvalue weighted by Gasteiger charge is 2.45. The number of aryl methyl sites for hydroxylation is 1. The summed E-state index contributed by atoms with van der Waals surface area (Å²) in [5.74, 6) is 1.40. The molecular formula is C20H25N5O. The van der Waals surface area contributed by atoms with Crippen molar-refractivity contribution < 1.29 is 4.79 Å². The molecular weight excluding hydrogens is 326 g/mol. The number of amides is 2. The van der Waals surface area contributed by atoms with Gasteiger partial charge in [-0.1, -0.05) is 26.0 Å². The van der Waals surface area contributed by atoms with Gasteiger partial charge in [-0.3, -0.25) is 0 Å². The van der Waals surface area contributed by atoms with E-state index in [4.69, 9.17) is 0 Å². The summed E-state index contributed by atoms with van der Waals surface area (Å²) < 4.78 is 0. The first-order chi connectivity index (χ1) is 12.5. The van der Waals surface area contributed by atoms with Crippen molar-refractivity contribution in [2.75, 3.05) is 23.3 Å². The van der Waals surface area contributed by atoms with Crippen LogP contribution >= 0.6 is 0 Å². The molecule has 26 heavy (non-hydrogen) atoms. The summed E-state index contributed by atoms with van der Waals surface area (Å²) in [5.41, 5.74) is 3.05. The van der Waals surface area contributed by atoms with Gasteiger partial charge in [-0.2, -0.15) is 5.10 Å². The second-order valence-corrected chi connectivity index (χ2v) is 7.59. The highest BCUT2D eigenvalue weighted by atomic mass is 16.2. The molecule has 6 heteroatoms. The zero-order chi connectivity index (χ0) is 18.3. The fourth-order valence-corrected chi connectivity index (χ4v) is 3.89. The second kappa shape index (κ2) is 6.59. The Morgan fingerprint density at radius 3 is 2.42 bits per heavy atom. The van der Waals surface area contributed by atoms with Crippen molar-refractivity contribution in [2.45, 2.75) is 45.2 Å².